The van der Waals surface area contributed by atoms with Gasteiger partial charge in [0.05, 0.1) is 16.6 Å². The fourth-order valence-corrected chi connectivity index (χ4v) is 2.26. The molecule has 1 aliphatic carbocycles. The molecule has 0 bridgehead atoms. The number of H-pyrrole nitrogens is 1. The molecule has 1 fully saturated rings. The summed E-state index contributed by atoms with van der Waals surface area (Å²) in [5, 5.41) is 8.91. The van der Waals surface area contributed by atoms with Crippen molar-refractivity contribution in [3.05, 3.63) is 29.6 Å². The molecule has 2 N–H and O–H groups in total. The van der Waals surface area contributed by atoms with E-state index in [-0.39, 0.29) is 0 Å². The molecule has 4 heteroatoms. The van der Waals surface area contributed by atoms with Crippen molar-refractivity contribution in [3.8, 4) is 0 Å². The van der Waals surface area contributed by atoms with Crippen LogP contribution in [0.3, 0.4) is 0 Å². The summed E-state index contributed by atoms with van der Waals surface area (Å²) in [6.07, 6.45) is 4.89. The standard InChI is InChI=1S/C13H14N2O2/c16-13(17)9-4-5-10-11(7-9)15-12(14-10)6-8-2-1-3-8/h4-5,7-8H,1-3,6H2,(H,14,15)(H,16,17). The number of hydrogen-bond donors (Lipinski definition) is 2. The van der Waals surface area contributed by atoms with Crippen LogP contribution in [0.15, 0.2) is 18.2 Å². The van der Waals surface area contributed by atoms with E-state index in [2.05, 4.69) is 9.97 Å². The van der Waals surface area contributed by atoms with E-state index >= 15 is 0 Å². The van der Waals surface area contributed by atoms with Crippen molar-refractivity contribution in [2.75, 3.05) is 0 Å². The maximum atomic E-state index is 10.9. The van der Waals surface area contributed by atoms with E-state index in [9.17, 15) is 4.79 Å². The lowest BCUT2D eigenvalue weighted by Crippen LogP contribution is -2.14. The molecule has 0 unspecified atom stereocenters. The monoisotopic (exact) mass is 230 g/mol. The Kier molecular flexibility index (Phi) is 2.35. The second-order valence-corrected chi connectivity index (χ2v) is 4.72. The molecule has 4 nitrogen and oxygen atoms in total. The number of aromatic amines is 1. The Bertz CT molecular complexity index is 570. The summed E-state index contributed by atoms with van der Waals surface area (Å²) in [5.41, 5.74) is 1.97. The summed E-state index contributed by atoms with van der Waals surface area (Å²) in [4.78, 5) is 18.6. The van der Waals surface area contributed by atoms with E-state index in [1.54, 1.807) is 18.2 Å². The van der Waals surface area contributed by atoms with Crippen LogP contribution in [0.2, 0.25) is 0 Å². The summed E-state index contributed by atoms with van der Waals surface area (Å²) in [5.74, 6) is 0.837. The lowest BCUT2D eigenvalue weighted by molar-refractivity contribution is 0.0697. The summed E-state index contributed by atoms with van der Waals surface area (Å²) < 4.78 is 0. The normalized spacial score (nSPS) is 16.0. The molecule has 0 spiro atoms. The molecule has 0 saturated heterocycles. The number of benzene rings is 1. The molecule has 1 aromatic heterocycles. The van der Waals surface area contributed by atoms with Gasteiger partial charge >= 0.3 is 5.97 Å². The third kappa shape index (κ3) is 1.90. The van der Waals surface area contributed by atoms with E-state index in [0.717, 1.165) is 29.2 Å². The van der Waals surface area contributed by atoms with Crippen molar-refractivity contribution in [1.29, 1.82) is 0 Å². The summed E-state index contributed by atoms with van der Waals surface area (Å²) in [7, 11) is 0. The SMILES string of the molecule is O=C(O)c1ccc2nc(CC3CCC3)[nH]c2c1. The first kappa shape index (κ1) is 10.3. The molecule has 88 valence electrons. The van der Waals surface area contributed by atoms with Crippen LogP contribution in [0.4, 0.5) is 0 Å². The first-order valence-corrected chi connectivity index (χ1v) is 5.94. The third-order valence-electron chi connectivity index (χ3n) is 3.48. The van der Waals surface area contributed by atoms with Crippen molar-refractivity contribution in [2.24, 2.45) is 5.92 Å². The van der Waals surface area contributed by atoms with Gasteiger partial charge in [-0.1, -0.05) is 19.3 Å². The zero-order chi connectivity index (χ0) is 11.8. The predicted octanol–water partition coefficient (Wildman–Crippen LogP) is 2.60. The Morgan fingerprint density at radius 1 is 1.47 bits per heavy atom. The quantitative estimate of drug-likeness (QED) is 0.851. The van der Waals surface area contributed by atoms with E-state index in [4.69, 9.17) is 5.11 Å². The van der Waals surface area contributed by atoms with Gasteiger partial charge in [0.2, 0.25) is 0 Å². The minimum atomic E-state index is -0.901. The highest BCUT2D eigenvalue weighted by Crippen LogP contribution is 2.29. The maximum Gasteiger partial charge on any atom is 0.335 e. The van der Waals surface area contributed by atoms with Gasteiger partial charge in [-0.05, 0) is 24.1 Å². The number of nitrogens with zero attached hydrogens (tertiary/aromatic N) is 1. The summed E-state index contributed by atoms with van der Waals surface area (Å²) >= 11 is 0. The topological polar surface area (TPSA) is 66.0 Å². The fraction of sp³-hybridized carbons (Fsp3) is 0.385. The number of carboxylic acid groups (broad SMARTS) is 1. The van der Waals surface area contributed by atoms with Crippen LogP contribution < -0.4 is 0 Å². The maximum absolute atomic E-state index is 10.9. The van der Waals surface area contributed by atoms with Gasteiger partial charge in [0.1, 0.15) is 5.82 Å². The molecule has 0 amide bonds. The van der Waals surface area contributed by atoms with Crippen LogP contribution in [0.5, 0.6) is 0 Å². The predicted molar refractivity (Wildman–Crippen MR) is 64.1 cm³/mol. The Morgan fingerprint density at radius 3 is 2.94 bits per heavy atom. The molecule has 3 rings (SSSR count). The zero-order valence-corrected chi connectivity index (χ0v) is 9.44. The number of carboxylic acids is 1. The molecule has 2 aromatic rings. The number of aromatic nitrogens is 2. The van der Waals surface area contributed by atoms with Crippen LogP contribution in [0.1, 0.15) is 35.4 Å². The molecular weight excluding hydrogens is 216 g/mol. The minimum absolute atomic E-state index is 0.302. The number of aromatic carboxylic acids is 1. The highest BCUT2D eigenvalue weighted by atomic mass is 16.4. The second-order valence-electron chi connectivity index (χ2n) is 4.72. The molecule has 1 aromatic carbocycles. The first-order valence-electron chi connectivity index (χ1n) is 5.94. The average Bonchev–Trinajstić information content (AvgIpc) is 2.64. The first-order chi connectivity index (χ1) is 8.22. The van der Waals surface area contributed by atoms with E-state index in [1.807, 2.05) is 0 Å². The van der Waals surface area contributed by atoms with Crippen molar-refractivity contribution < 1.29 is 9.90 Å². The van der Waals surface area contributed by atoms with Crippen LogP contribution in [0, 0.1) is 5.92 Å². The molecule has 0 atom stereocenters. The van der Waals surface area contributed by atoms with E-state index < -0.39 is 5.97 Å². The highest BCUT2D eigenvalue weighted by Gasteiger charge is 2.19. The Balaban J connectivity index is 1.91. The minimum Gasteiger partial charge on any atom is -0.478 e. The molecule has 0 radical (unpaired) electrons. The summed E-state index contributed by atoms with van der Waals surface area (Å²) in [6.45, 7) is 0. The van der Waals surface area contributed by atoms with E-state index in [1.165, 1.54) is 19.3 Å². The van der Waals surface area contributed by atoms with Crippen molar-refractivity contribution in [2.45, 2.75) is 25.7 Å². The van der Waals surface area contributed by atoms with Crippen LogP contribution in [-0.2, 0) is 6.42 Å². The van der Waals surface area contributed by atoms with E-state index in [0.29, 0.717) is 5.56 Å². The molecular formula is C13H14N2O2. The van der Waals surface area contributed by atoms with Gasteiger partial charge in [-0.2, -0.15) is 0 Å². The molecule has 1 aliphatic rings. The van der Waals surface area contributed by atoms with Gasteiger partial charge in [0.25, 0.3) is 0 Å². The van der Waals surface area contributed by atoms with Crippen molar-refractivity contribution >= 4 is 17.0 Å². The Morgan fingerprint density at radius 2 is 2.29 bits per heavy atom. The number of carbonyl (C=O) groups is 1. The number of fused-ring (bicyclic) bond motifs is 1. The fourth-order valence-electron chi connectivity index (χ4n) is 2.26. The number of nitrogens with one attached hydrogen (secondary N) is 1. The van der Waals surface area contributed by atoms with Gasteiger partial charge in [-0.15, -0.1) is 0 Å². The smallest absolute Gasteiger partial charge is 0.335 e. The average molecular weight is 230 g/mol. The zero-order valence-electron chi connectivity index (χ0n) is 9.44. The number of imidazole rings is 1. The number of hydrogen-bond acceptors (Lipinski definition) is 2. The summed E-state index contributed by atoms with van der Waals surface area (Å²) in [6, 6.07) is 5.01. The lowest BCUT2D eigenvalue weighted by atomic mass is 9.83. The van der Waals surface area contributed by atoms with Crippen LogP contribution in [-0.4, -0.2) is 21.0 Å². The molecule has 0 aliphatic heterocycles. The van der Waals surface area contributed by atoms with Crippen LogP contribution >= 0.6 is 0 Å². The Labute approximate surface area is 98.7 Å². The molecule has 1 saturated carbocycles. The van der Waals surface area contributed by atoms with Gasteiger partial charge in [0, 0.05) is 6.42 Å². The second kappa shape index (κ2) is 3.87. The van der Waals surface area contributed by atoms with Gasteiger partial charge in [-0.3, -0.25) is 0 Å². The molecule has 1 heterocycles. The van der Waals surface area contributed by atoms with Crippen molar-refractivity contribution in [3.63, 3.8) is 0 Å². The highest BCUT2D eigenvalue weighted by molar-refractivity contribution is 5.92. The van der Waals surface area contributed by atoms with Gasteiger partial charge in [0.15, 0.2) is 0 Å². The van der Waals surface area contributed by atoms with Gasteiger partial charge < -0.3 is 10.1 Å². The van der Waals surface area contributed by atoms with Crippen molar-refractivity contribution in [1.82, 2.24) is 9.97 Å². The van der Waals surface area contributed by atoms with Crippen LogP contribution in [0.25, 0.3) is 11.0 Å². The third-order valence-corrected chi connectivity index (χ3v) is 3.48. The van der Waals surface area contributed by atoms with Gasteiger partial charge in [-0.25, -0.2) is 9.78 Å². The molecule has 17 heavy (non-hydrogen) atoms. The number of rotatable bonds is 3. The Hall–Kier alpha value is -1.84. The largest absolute Gasteiger partial charge is 0.478 e. The lowest BCUT2D eigenvalue weighted by Gasteiger charge is -2.23.